The second-order valence-corrected chi connectivity index (χ2v) is 4.31. The van der Waals surface area contributed by atoms with Gasteiger partial charge < -0.3 is 5.01 Å². The summed E-state index contributed by atoms with van der Waals surface area (Å²) in [5.74, 6) is 6.46. The van der Waals surface area contributed by atoms with Crippen LogP contribution in [0, 0.1) is 5.92 Å². The van der Waals surface area contributed by atoms with Crippen molar-refractivity contribution in [2.75, 3.05) is 12.1 Å². The number of nitrogens with two attached hydrogens (primary N) is 1. The smallest absolute Gasteiger partial charge is 0.0869 e. The highest BCUT2D eigenvalue weighted by molar-refractivity contribution is 5.69. The molecule has 0 saturated heterocycles. The molecule has 0 radical (unpaired) electrons. The van der Waals surface area contributed by atoms with Crippen molar-refractivity contribution in [3.8, 4) is 0 Å². The number of hydrogen-bond acceptors (Lipinski definition) is 3. The molecule has 0 fully saturated rings. The van der Waals surface area contributed by atoms with Crippen molar-refractivity contribution in [1.82, 2.24) is 0 Å². The highest BCUT2D eigenvalue weighted by Crippen LogP contribution is 2.28. The van der Waals surface area contributed by atoms with Crippen LogP contribution in [0.5, 0.6) is 0 Å². The average Bonchev–Trinajstić information content (AvgIpc) is 2.28. The third-order valence-electron chi connectivity index (χ3n) is 2.87. The second kappa shape index (κ2) is 5.66. The monoisotopic (exact) mass is 219 g/mol. The maximum atomic E-state index is 5.77. The van der Waals surface area contributed by atoms with Gasteiger partial charge in [-0.3, -0.25) is 4.99 Å². The number of aliphatic imine (C=N–C) groups is 1. The molecule has 16 heavy (non-hydrogen) atoms. The van der Waals surface area contributed by atoms with Crippen molar-refractivity contribution < 1.29 is 0 Å². The maximum Gasteiger partial charge on any atom is 0.0869 e. The van der Waals surface area contributed by atoms with Gasteiger partial charge in [0.25, 0.3) is 0 Å². The Morgan fingerprint density at radius 1 is 1.50 bits per heavy atom. The molecule has 0 spiro atoms. The Hall–Kier alpha value is -1.35. The number of hydrazine groups is 1. The van der Waals surface area contributed by atoms with E-state index in [0.717, 1.165) is 17.8 Å². The molecule has 1 aromatic carbocycles. The van der Waals surface area contributed by atoms with Crippen LogP contribution < -0.4 is 10.9 Å². The summed E-state index contributed by atoms with van der Waals surface area (Å²) in [7, 11) is 1.82. The molecule has 2 N–H and O–H groups in total. The van der Waals surface area contributed by atoms with Gasteiger partial charge in [0.05, 0.1) is 11.4 Å². The third kappa shape index (κ3) is 3.07. The summed E-state index contributed by atoms with van der Waals surface area (Å²) in [5, 5.41) is 1.59. The fourth-order valence-electron chi connectivity index (χ4n) is 1.66. The summed E-state index contributed by atoms with van der Waals surface area (Å²) in [6.45, 7) is 8.01. The molecule has 1 atom stereocenters. The number of anilines is 1. The first kappa shape index (κ1) is 12.7. The molecule has 3 nitrogen and oxygen atoms in total. The van der Waals surface area contributed by atoms with E-state index in [4.69, 9.17) is 5.84 Å². The Morgan fingerprint density at radius 3 is 2.69 bits per heavy atom. The van der Waals surface area contributed by atoms with Crippen molar-refractivity contribution in [3.63, 3.8) is 0 Å². The first-order valence-corrected chi connectivity index (χ1v) is 5.66. The Bertz CT molecular complexity index is 358. The van der Waals surface area contributed by atoms with E-state index in [-0.39, 0.29) is 0 Å². The molecular formula is C13H21N3. The van der Waals surface area contributed by atoms with E-state index in [9.17, 15) is 0 Å². The van der Waals surface area contributed by atoms with Crippen LogP contribution in [0.4, 0.5) is 11.4 Å². The fourth-order valence-corrected chi connectivity index (χ4v) is 1.66. The van der Waals surface area contributed by atoms with Crippen LogP contribution in [0.15, 0.2) is 23.2 Å². The van der Waals surface area contributed by atoms with Gasteiger partial charge in [-0.05, 0) is 36.8 Å². The Balaban J connectivity index is 2.97. The first-order valence-electron chi connectivity index (χ1n) is 5.66. The van der Waals surface area contributed by atoms with Gasteiger partial charge in [0, 0.05) is 7.05 Å². The van der Waals surface area contributed by atoms with Gasteiger partial charge in [-0.2, -0.15) is 0 Å². The molecule has 0 bridgehead atoms. The van der Waals surface area contributed by atoms with E-state index in [1.54, 1.807) is 5.01 Å². The van der Waals surface area contributed by atoms with Crippen LogP contribution in [-0.4, -0.2) is 13.8 Å². The number of nitrogens with zero attached hydrogens (tertiary/aromatic N) is 2. The van der Waals surface area contributed by atoms with E-state index in [1.165, 1.54) is 12.0 Å². The lowest BCUT2D eigenvalue weighted by molar-refractivity contribution is 0.560. The number of rotatable bonds is 5. The summed E-state index contributed by atoms with van der Waals surface area (Å²) in [6, 6.07) is 6.17. The van der Waals surface area contributed by atoms with E-state index >= 15 is 0 Å². The summed E-state index contributed by atoms with van der Waals surface area (Å²) in [4.78, 5) is 3.96. The van der Waals surface area contributed by atoms with Crippen LogP contribution in [0.25, 0.3) is 0 Å². The lowest BCUT2D eigenvalue weighted by Crippen LogP contribution is -2.25. The van der Waals surface area contributed by atoms with Gasteiger partial charge in [0.1, 0.15) is 0 Å². The largest absolute Gasteiger partial charge is 0.312 e. The molecule has 0 aliphatic carbocycles. The predicted molar refractivity (Wildman–Crippen MR) is 71.4 cm³/mol. The van der Waals surface area contributed by atoms with E-state index < -0.39 is 0 Å². The van der Waals surface area contributed by atoms with Crippen LogP contribution in [0.2, 0.25) is 0 Å². The van der Waals surface area contributed by atoms with Crippen LogP contribution >= 0.6 is 0 Å². The first-order chi connectivity index (χ1) is 7.58. The van der Waals surface area contributed by atoms with Crippen LogP contribution in [-0.2, 0) is 6.42 Å². The summed E-state index contributed by atoms with van der Waals surface area (Å²) < 4.78 is 0. The molecule has 0 heterocycles. The Kier molecular flexibility index (Phi) is 4.50. The summed E-state index contributed by atoms with van der Waals surface area (Å²) >= 11 is 0. The molecule has 0 saturated carbocycles. The SMILES string of the molecule is C=Nc1ccc(CC(C)CC)cc1N(C)N. The van der Waals surface area contributed by atoms with Crippen LogP contribution in [0.1, 0.15) is 25.8 Å². The molecule has 0 aliphatic rings. The molecule has 3 heteroatoms. The molecule has 88 valence electrons. The fraction of sp³-hybridized carbons (Fsp3) is 0.462. The molecular weight excluding hydrogens is 198 g/mol. The van der Waals surface area contributed by atoms with Gasteiger partial charge in [-0.25, -0.2) is 5.84 Å². The zero-order valence-electron chi connectivity index (χ0n) is 10.4. The minimum Gasteiger partial charge on any atom is -0.312 e. The van der Waals surface area contributed by atoms with Gasteiger partial charge in [-0.1, -0.05) is 26.3 Å². The zero-order chi connectivity index (χ0) is 12.1. The van der Waals surface area contributed by atoms with E-state index in [1.807, 2.05) is 13.1 Å². The quantitative estimate of drug-likeness (QED) is 0.470. The van der Waals surface area contributed by atoms with Crippen molar-refractivity contribution in [2.24, 2.45) is 16.8 Å². The topological polar surface area (TPSA) is 41.6 Å². The highest BCUT2D eigenvalue weighted by Gasteiger charge is 2.07. The van der Waals surface area contributed by atoms with Crippen molar-refractivity contribution in [1.29, 1.82) is 0 Å². The maximum absolute atomic E-state index is 5.77. The average molecular weight is 219 g/mol. The van der Waals surface area contributed by atoms with Gasteiger partial charge in [0.15, 0.2) is 0 Å². The lowest BCUT2D eigenvalue weighted by atomic mass is 9.98. The third-order valence-corrected chi connectivity index (χ3v) is 2.87. The minimum atomic E-state index is 0.693. The van der Waals surface area contributed by atoms with E-state index in [2.05, 4.69) is 37.7 Å². The molecule has 1 aromatic rings. The lowest BCUT2D eigenvalue weighted by Gasteiger charge is -2.17. The number of benzene rings is 1. The van der Waals surface area contributed by atoms with Gasteiger partial charge in [-0.15, -0.1) is 0 Å². The van der Waals surface area contributed by atoms with Gasteiger partial charge in [0.2, 0.25) is 0 Å². The summed E-state index contributed by atoms with van der Waals surface area (Å²) in [6.07, 6.45) is 2.27. The van der Waals surface area contributed by atoms with Crippen LogP contribution in [0.3, 0.4) is 0 Å². The standard InChI is InChI=1S/C13H21N3/c1-5-10(2)8-11-6-7-12(15-3)13(9-11)16(4)14/h6-7,9-10H,3,5,8,14H2,1-2,4H3. The molecule has 1 rings (SSSR count). The molecule has 0 aromatic heterocycles. The highest BCUT2D eigenvalue weighted by atomic mass is 15.4. The predicted octanol–water partition coefficient (Wildman–Crippen LogP) is 2.92. The van der Waals surface area contributed by atoms with Crippen molar-refractivity contribution >= 4 is 18.1 Å². The van der Waals surface area contributed by atoms with E-state index in [0.29, 0.717) is 5.92 Å². The van der Waals surface area contributed by atoms with Gasteiger partial charge >= 0.3 is 0 Å². The zero-order valence-corrected chi connectivity index (χ0v) is 10.4. The number of hydrogen-bond donors (Lipinski definition) is 1. The van der Waals surface area contributed by atoms with Crippen molar-refractivity contribution in [3.05, 3.63) is 23.8 Å². The second-order valence-electron chi connectivity index (χ2n) is 4.31. The molecule has 1 unspecified atom stereocenters. The Labute approximate surface area is 98.0 Å². The molecule has 0 amide bonds. The normalized spacial score (nSPS) is 12.2. The summed E-state index contributed by atoms with van der Waals surface area (Å²) in [5.41, 5.74) is 3.06. The Morgan fingerprint density at radius 2 is 2.19 bits per heavy atom. The van der Waals surface area contributed by atoms with Crippen molar-refractivity contribution in [2.45, 2.75) is 26.7 Å². The minimum absolute atomic E-state index is 0.693. The molecule has 0 aliphatic heterocycles.